The summed E-state index contributed by atoms with van der Waals surface area (Å²) in [5, 5.41) is 9.95. The molecule has 1 spiro atoms. The zero-order valence-electron chi connectivity index (χ0n) is 21.9. The molecule has 7 nitrogen and oxygen atoms in total. The monoisotopic (exact) mass is 560 g/mol. The Labute approximate surface area is 234 Å². The number of unbranched alkanes of at least 4 members (excludes halogenated alkanes) is 2. The SMILES string of the molecule is C=CCCCCOC(=O)[C@@H]1[C@@H]2CCC3(S2)C(C(=O)N(CC=C)c2c(C)cccc2Cl)N(CCCO)C(=O)[C@H]13. The third-order valence-electron chi connectivity index (χ3n) is 7.95. The number of esters is 1. The van der Waals surface area contributed by atoms with Gasteiger partial charge >= 0.3 is 5.97 Å². The van der Waals surface area contributed by atoms with Gasteiger partial charge in [-0.15, -0.1) is 24.9 Å². The van der Waals surface area contributed by atoms with E-state index in [0.29, 0.717) is 30.2 Å². The van der Waals surface area contributed by atoms with Crippen LogP contribution in [0.3, 0.4) is 0 Å². The standard InChI is InChI=1S/C29H37ClN2O5S/c1-4-6-7-8-18-37-28(36)22-21-13-14-29(38-21)23(22)26(34)32(16-10-17-33)25(29)27(35)31(15-5-2)24-19(3)11-9-12-20(24)30/h4-5,9,11-12,21-23,25,33H,1-2,6-8,10,13-18H2,3H3/t21-,22+,23-,25?,29?/m0/s1. The first-order valence-corrected chi connectivity index (χ1v) is 14.6. The van der Waals surface area contributed by atoms with E-state index in [1.54, 1.807) is 33.7 Å². The number of fused-ring (bicyclic) bond motifs is 1. The van der Waals surface area contributed by atoms with Crippen molar-refractivity contribution >= 4 is 46.8 Å². The smallest absolute Gasteiger partial charge is 0.310 e. The number of para-hydroxylation sites is 1. The Morgan fingerprint density at radius 1 is 1.29 bits per heavy atom. The number of halogens is 1. The molecular formula is C29H37ClN2O5S. The van der Waals surface area contributed by atoms with Crippen LogP contribution < -0.4 is 4.90 Å². The second-order valence-electron chi connectivity index (χ2n) is 10.3. The molecular weight excluding hydrogens is 524 g/mol. The van der Waals surface area contributed by atoms with Gasteiger partial charge in [0.15, 0.2) is 0 Å². The number of ether oxygens (including phenoxy) is 1. The molecule has 2 amide bonds. The number of allylic oxidation sites excluding steroid dienone is 1. The lowest BCUT2D eigenvalue weighted by molar-refractivity contribution is -0.154. The van der Waals surface area contributed by atoms with Gasteiger partial charge in [0.1, 0.15) is 6.04 Å². The van der Waals surface area contributed by atoms with Crippen LogP contribution in [0.5, 0.6) is 0 Å². The van der Waals surface area contributed by atoms with Crippen LogP contribution in [0.2, 0.25) is 5.02 Å². The summed E-state index contributed by atoms with van der Waals surface area (Å²) in [6, 6.07) is 4.70. The maximum Gasteiger partial charge on any atom is 0.310 e. The zero-order chi connectivity index (χ0) is 27.4. The predicted octanol–water partition coefficient (Wildman–Crippen LogP) is 4.54. The molecule has 1 aromatic carbocycles. The molecule has 9 heteroatoms. The number of carbonyl (C=O) groups excluding carboxylic acids is 3. The summed E-state index contributed by atoms with van der Waals surface area (Å²) >= 11 is 8.18. The maximum atomic E-state index is 14.5. The van der Waals surface area contributed by atoms with Crippen molar-refractivity contribution in [2.75, 3.05) is 31.2 Å². The maximum absolute atomic E-state index is 14.5. The molecule has 38 heavy (non-hydrogen) atoms. The summed E-state index contributed by atoms with van der Waals surface area (Å²) in [7, 11) is 0. The van der Waals surface area contributed by atoms with Crippen LogP contribution >= 0.6 is 23.4 Å². The lowest BCUT2D eigenvalue weighted by Crippen LogP contribution is -2.55. The van der Waals surface area contributed by atoms with Gasteiger partial charge in [0.05, 0.1) is 33.9 Å². The first-order valence-electron chi connectivity index (χ1n) is 13.4. The highest BCUT2D eigenvalue weighted by molar-refractivity contribution is 8.02. The van der Waals surface area contributed by atoms with Crippen LogP contribution in [0.4, 0.5) is 5.69 Å². The fourth-order valence-electron chi connectivity index (χ4n) is 6.37. The van der Waals surface area contributed by atoms with Crippen LogP contribution in [0, 0.1) is 18.8 Å². The number of nitrogens with zero attached hydrogens (tertiary/aromatic N) is 2. The number of aryl methyl sites for hydroxylation is 1. The van der Waals surface area contributed by atoms with Crippen LogP contribution in [0.25, 0.3) is 0 Å². The minimum Gasteiger partial charge on any atom is -0.465 e. The molecule has 4 rings (SSSR count). The highest BCUT2D eigenvalue weighted by Crippen LogP contribution is 2.66. The number of amides is 2. The third kappa shape index (κ3) is 5.03. The molecule has 3 aliphatic heterocycles. The number of benzene rings is 1. The fraction of sp³-hybridized carbons (Fsp3) is 0.552. The van der Waals surface area contributed by atoms with Crippen molar-refractivity contribution in [3.63, 3.8) is 0 Å². The quantitative estimate of drug-likeness (QED) is 0.216. The van der Waals surface area contributed by atoms with E-state index >= 15 is 0 Å². The number of anilines is 1. The minimum atomic E-state index is -0.775. The third-order valence-corrected chi connectivity index (χ3v) is 10.2. The van der Waals surface area contributed by atoms with Crippen molar-refractivity contribution in [1.82, 2.24) is 4.90 Å². The van der Waals surface area contributed by atoms with Gasteiger partial charge in [-0.2, -0.15) is 0 Å². The summed E-state index contributed by atoms with van der Waals surface area (Å²) in [5.41, 5.74) is 1.44. The lowest BCUT2D eigenvalue weighted by Gasteiger charge is -2.37. The highest BCUT2D eigenvalue weighted by Gasteiger charge is 2.74. The van der Waals surface area contributed by atoms with Crippen molar-refractivity contribution in [2.24, 2.45) is 11.8 Å². The molecule has 3 saturated heterocycles. The number of hydrogen-bond acceptors (Lipinski definition) is 6. The Morgan fingerprint density at radius 3 is 2.76 bits per heavy atom. The van der Waals surface area contributed by atoms with Gasteiger partial charge < -0.3 is 19.6 Å². The highest BCUT2D eigenvalue weighted by atomic mass is 35.5. The molecule has 3 fully saturated rings. The van der Waals surface area contributed by atoms with Gasteiger partial charge in [0.2, 0.25) is 5.91 Å². The number of aliphatic hydroxyl groups excluding tert-OH is 1. The van der Waals surface area contributed by atoms with E-state index in [2.05, 4.69) is 13.2 Å². The molecule has 0 aromatic heterocycles. The van der Waals surface area contributed by atoms with Gasteiger partial charge in [0, 0.05) is 24.9 Å². The average Bonchev–Trinajstić information content (AvgIpc) is 3.53. The van der Waals surface area contributed by atoms with Crippen molar-refractivity contribution < 1.29 is 24.2 Å². The first kappa shape index (κ1) is 28.7. The molecule has 3 heterocycles. The van der Waals surface area contributed by atoms with Crippen molar-refractivity contribution in [1.29, 1.82) is 0 Å². The Hall–Kier alpha value is -2.29. The summed E-state index contributed by atoms with van der Waals surface area (Å²) in [4.78, 5) is 44.9. The predicted molar refractivity (Wildman–Crippen MR) is 151 cm³/mol. The van der Waals surface area contributed by atoms with Crippen LogP contribution in [-0.4, -0.2) is 70.1 Å². The zero-order valence-corrected chi connectivity index (χ0v) is 23.5. The molecule has 0 aliphatic carbocycles. The largest absolute Gasteiger partial charge is 0.465 e. The van der Waals surface area contributed by atoms with E-state index in [9.17, 15) is 19.5 Å². The minimum absolute atomic E-state index is 0.0604. The summed E-state index contributed by atoms with van der Waals surface area (Å²) in [6.45, 7) is 10.1. The second kappa shape index (κ2) is 12.3. The number of hydrogen-bond donors (Lipinski definition) is 1. The molecule has 5 atom stereocenters. The van der Waals surface area contributed by atoms with Crippen molar-refractivity contribution in [2.45, 2.75) is 61.5 Å². The van der Waals surface area contributed by atoms with Crippen LogP contribution in [0.15, 0.2) is 43.5 Å². The summed E-state index contributed by atoms with van der Waals surface area (Å²) < 4.78 is 4.93. The molecule has 2 unspecified atom stereocenters. The average molecular weight is 561 g/mol. The van der Waals surface area contributed by atoms with Crippen LogP contribution in [0.1, 0.15) is 44.1 Å². The van der Waals surface area contributed by atoms with Gasteiger partial charge in [-0.05, 0) is 57.1 Å². The van der Waals surface area contributed by atoms with E-state index in [1.165, 1.54) is 0 Å². The normalized spacial score (nSPS) is 27.3. The molecule has 3 aliphatic rings. The Kier molecular flexibility index (Phi) is 9.27. The molecule has 1 N–H and O–H groups in total. The second-order valence-corrected chi connectivity index (χ2v) is 12.3. The van der Waals surface area contributed by atoms with E-state index in [4.69, 9.17) is 16.3 Å². The fourth-order valence-corrected chi connectivity index (χ4v) is 8.90. The molecule has 0 radical (unpaired) electrons. The van der Waals surface area contributed by atoms with E-state index in [-0.39, 0.29) is 42.7 Å². The molecule has 0 saturated carbocycles. The van der Waals surface area contributed by atoms with Gasteiger partial charge in [-0.3, -0.25) is 14.4 Å². The number of aliphatic hydroxyl groups is 1. The molecule has 206 valence electrons. The number of thioether (sulfide) groups is 1. The Bertz CT molecular complexity index is 1080. The summed E-state index contributed by atoms with van der Waals surface area (Å²) in [6.07, 6.45) is 7.73. The van der Waals surface area contributed by atoms with Gasteiger partial charge in [0.25, 0.3) is 5.91 Å². The van der Waals surface area contributed by atoms with Crippen LogP contribution in [-0.2, 0) is 19.1 Å². The Balaban J connectivity index is 1.68. The van der Waals surface area contributed by atoms with Gasteiger partial charge in [-0.1, -0.05) is 35.9 Å². The lowest BCUT2D eigenvalue weighted by atomic mass is 9.71. The topological polar surface area (TPSA) is 87.2 Å². The van der Waals surface area contributed by atoms with Crippen molar-refractivity contribution in [3.8, 4) is 0 Å². The number of carbonyl (C=O) groups is 3. The van der Waals surface area contributed by atoms with Crippen molar-refractivity contribution in [3.05, 3.63) is 54.1 Å². The number of rotatable bonds is 13. The molecule has 2 bridgehead atoms. The Morgan fingerprint density at radius 2 is 2.08 bits per heavy atom. The first-order chi connectivity index (χ1) is 18.3. The van der Waals surface area contributed by atoms with E-state index in [0.717, 1.165) is 31.2 Å². The van der Waals surface area contributed by atoms with Gasteiger partial charge in [-0.25, -0.2) is 0 Å². The molecule has 1 aromatic rings. The van der Waals surface area contributed by atoms with E-state index < -0.39 is 22.6 Å². The van der Waals surface area contributed by atoms with E-state index in [1.807, 2.05) is 25.1 Å². The summed E-state index contributed by atoms with van der Waals surface area (Å²) in [5.74, 6) is -1.99. The number of likely N-dealkylation sites (tertiary alicyclic amines) is 1.